The summed E-state index contributed by atoms with van der Waals surface area (Å²) in [4.78, 5) is 0. The molecule has 0 saturated heterocycles. The van der Waals surface area contributed by atoms with Crippen LogP contribution in [0.4, 0.5) is 0 Å². The van der Waals surface area contributed by atoms with Gasteiger partial charge in [-0.3, -0.25) is 0 Å². The van der Waals surface area contributed by atoms with Gasteiger partial charge in [0.25, 0.3) is 0 Å². The van der Waals surface area contributed by atoms with Crippen LogP contribution in [0.3, 0.4) is 0 Å². The second kappa shape index (κ2) is 4.13. The molecule has 12 heavy (non-hydrogen) atoms. The van der Waals surface area contributed by atoms with Gasteiger partial charge in [0.15, 0.2) is 0 Å². The monoisotopic (exact) mass is 179 g/mol. The molecule has 0 radical (unpaired) electrons. The Hall–Kier alpha value is -1.00. The lowest BCUT2D eigenvalue weighted by Crippen LogP contribution is -1.99. The number of hydrogen-bond acceptors (Lipinski definition) is 1. The zero-order valence-electron chi connectivity index (χ0n) is 6.92. The SMILES string of the molecule is Cc1cccc(CC(Cl)C#N)c1. The Morgan fingerprint density at radius 2 is 2.33 bits per heavy atom. The van der Waals surface area contributed by atoms with Gasteiger partial charge in [-0.05, 0) is 12.5 Å². The van der Waals surface area contributed by atoms with Crippen molar-refractivity contribution in [3.8, 4) is 6.07 Å². The maximum Gasteiger partial charge on any atom is 0.124 e. The van der Waals surface area contributed by atoms with Crippen LogP contribution < -0.4 is 0 Å². The summed E-state index contributed by atoms with van der Waals surface area (Å²) >= 11 is 5.69. The fourth-order valence-electron chi connectivity index (χ4n) is 1.09. The van der Waals surface area contributed by atoms with Crippen LogP contribution in [0.5, 0.6) is 0 Å². The third-order valence-corrected chi connectivity index (χ3v) is 1.89. The second-order valence-corrected chi connectivity index (χ2v) is 3.32. The molecular weight excluding hydrogens is 170 g/mol. The second-order valence-electron chi connectivity index (χ2n) is 2.79. The van der Waals surface area contributed by atoms with Gasteiger partial charge >= 0.3 is 0 Å². The summed E-state index contributed by atoms with van der Waals surface area (Å²) in [5.41, 5.74) is 2.32. The quantitative estimate of drug-likeness (QED) is 0.641. The fraction of sp³-hybridized carbons (Fsp3) is 0.300. The summed E-state index contributed by atoms with van der Waals surface area (Å²) in [6.45, 7) is 2.03. The average molecular weight is 180 g/mol. The summed E-state index contributed by atoms with van der Waals surface area (Å²) in [5.74, 6) is 0. The molecule has 1 unspecified atom stereocenters. The number of halogens is 1. The molecule has 2 heteroatoms. The Morgan fingerprint density at radius 3 is 2.92 bits per heavy atom. The van der Waals surface area contributed by atoms with Crippen LogP contribution in [0.1, 0.15) is 11.1 Å². The Labute approximate surface area is 77.6 Å². The summed E-state index contributed by atoms with van der Waals surface area (Å²) in [6, 6.07) is 10.0. The highest BCUT2D eigenvalue weighted by Crippen LogP contribution is 2.09. The molecule has 1 aromatic rings. The predicted octanol–water partition coefficient (Wildman–Crippen LogP) is 2.67. The molecule has 0 bridgehead atoms. The van der Waals surface area contributed by atoms with Gasteiger partial charge in [0.05, 0.1) is 6.07 Å². The predicted molar refractivity (Wildman–Crippen MR) is 50.1 cm³/mol. The van der Waals surface area contributed by atoms with Gasteiger partial charge in [-0.15, -0.1) is 11.6 Å². The van der Waals surface area contributed by atoms with Crippen molar-refractivity contribution in [3.05, 3.63) is 35.4 Å². The van der Waals surface area contributed by atoms with Crippen molar-refractivity contribution in [3.63, 3.8) is 0 Å². The Morgan fingerprint density at radius 1 is 1.58 bits per heavy atom. The average Bonchev–Trinajstić information content (AvgIpc) is 2.04. The first-order chi connectivity index (χ1) is 5.72. The van der Waals surface area contributed by atoms with E-state index in [2.05, 4.69) is 0 Å². The van der Waals surface area contributed by atoms with E-state index in [9.17, 15) is 0 Å². The Bertz CT molecular complexity index is 301. The molecule has 0 aliphatic rings. The zero-order chi connectivity index (χ0) is 8.97. The number of rotatable bonds is 2. The van der Waals surface area contributed by atoms with E-state index in [1.165, 1.54) is 5.56 Å². The van der Waals surface area contributed by atoms with Crippen LogP contribution in [0.15, 0.2) is 24.3 Å². The van der Waals surface area contributed by atoms with Crippen molar-refractivity contribution in [2.45, 2.75) is 18.7 Å². The van der Waals surface area contributed by atoms with Gasteiger partial charge in [0, 0.05) is 6.42 Å². The standard InChI is InChI=1S/C10H10ClN/c1-8-3-2-4-9(5-8)6-10(11)7-12/h2-5,10H,6H2,1H3. The topological polar surface area (TPSA) is 23.8 Å². The minimum absolute atomic E-state index is 0.410. The Balaban J connectivity index is 2.71. The molecule has 62 valence electrons. The number of alkyl halides is 1. The molecule has 0 N–H and O–H groups in total. The molecule has 0 fully saturated rings. The van der Waals surface area contributed by atoms with Crippen molar-refractivity contribution in [1.29, 1.82) is 5.26 Å². The maximum atomic E-state index is 8.48. The van der Waals surface area contributed by atoms with Crippen molar-refractivity contribution in [2.24, 2.45) is 0 Å². The molecule has 1 rings (SSSR count). The normalized spacial score (nSPS) is 12.1. The van der Waals surface area contributed by atoms with Gasteiger partial charge in [0.1, 0.15) is 5.38 Å². The van der Waals surface area contributed by atoms with Crippen molar-refractivity contribution < 1.29 is 0 Å². The van der Waals surface area contributed by atoms with Gasteiger partial charge in [-0.1, -0.05) is 29.8 Å². The summed E-state index contributed by atoms with van der Waals surface area (Å²) < 4.78 is 0. The summed E-state index contributed by atoms with van der Waals surface area (Å²) in [7, 11) is 0. The molecule has 0 saturated carbocycles. The highest BCUT2D eigenvalue weighted by atomic mass is 35.5. The minimum Gasteiger partial charge on any atom is -0.197 e. The van der Waals surface area contributed by atoms with Crippen LogP contribution in [0, 0.1) is 18.3 Å². The lowest BCUT2D eigenvalue weighted by molar-refractivity contribution is 1.02. The van der Waals surface area contributed by atoms with Crippen molar-refractivity contribution in [1.82, 2.24) is 0 Å². The number of benzene rings is 1. The number of aryl methyl sites for hydroxylation is 1. The van der Waals surface area contributed by atoms with E-state index in [0.29, 0.717) is 6.42 Å². The van der Waals surface area contributed by atoms with Crippen LogP contribution in [0.2, 0.25) is 0 Å². The first kappa shape index (κ1) is 9.09. The van der Waals surface area contributed by atoms with E-state index < -0.39 is 5.38 Å². The molecule has 0 aliphatic carbocycles. The van der Waals surface area contributed by atoms with Gasteiger partial charge in [-0.2, -0.15) is 5.26 Å². The molecule has 1 nitrogen and oxygen atoms in total. The third-order valence-electron chi connectivity index (χ3n) is 1.64. The highest BCUT2D eigenvalue weighted by Gasteiger charge is 2.02. The van der Waals surface area contributed by atoms with Gasteiger partial charge in [0.2, 0.25) is 0 Å². The van der Waals surface area contributed by atoms with Crippen molar-refractivity contribution in [2.75, 3.05) is 0 Å². The van der Waals surface area contributed by atoms with Crippen molar-refractivity contribution >= 4 is 11.6 Å². The van der Waals surface area contributed by atoms with Crippen LogP contribution >= 0.6 is 11.6 Å². The zero-order valence-corrected chi connectivity index (χ0v) is 7.67. The first-order valence-corrected chi connectivity index (χ1v) is 4.25. The smallest absolute Gasteiger partial charge is 0.124 e. The number of nitrogens with zero attached hydrogens (tertiary/aromatic N) is 1. The van der Waals surface area contributed by atoms with Crippen LogP contribution in [0.25, 0.3) is 0 Å². The maximum absolute atomic E-state index is 8.48. The van der Waals surface area contributed by atoms with E-state index in [-0.39, 0.29) is 0 Å². The molecule has 1 aromatic carbocycles. The highest BCUT2D eigenvalue weighted by molar-refractivity contribution is 6.22. The minimum atomic E-state index is -0.410. The van der Waals surface area contributed by atoms with E-state index in [1.54, 1.807) is 0 Å². The summed E-state index contributed by atoms with van der Waals surface area (Å²) in [6.07, 6.45) is 0.625. The van der Waals surface area contributed by atoms with E-state index in [1.807, 2.05) is 37.3 Å². The van der Waals surface area contributed by atoms with E-state index in [4.69, 9.17) is 16.9 Å². The van der Waals surface area contributed by atoms with Gasteiger partial charge < -0.3 is 0 Å². The van der Waals surface area contributed by atoms with Crippen LogP contribution in [-0.2, 0) is 6.42 Å². The van der Waals surface area contributed by atoms with Gasteiger partial charge in [-0.25, -0.2) is 0 Å². The fourth-order valence-corrected chi connectivity index (χ4v) is 1.27. The molecule has 0 heterocycles. The Kier molecular flexibility index (Phi) is 3.13. The van der Waals surface area contributed by atoms with E-state index in [0.717, 1.165) is 5.56 Å². The first-order valence-electron chi connectivity index (χ1n) is 3.81. The molecule has 0 aliphatic heterocycles. The molecular formula is C10H10ClN. The lowest BCUT2D eigenvalue weighted by atomic mass is 10.1. The third kappa shape index (κ3) is 2.56. The molecule has 0 amide bonds. The number of nitriles is 1. The number of hydrogen-bond donors (Lipinski definition) is 0. The lowest BCUT2D eigenvalue weighted by Gasteiger charge is -2.01. The largest absolute Gasteiger partial charge is 0.197 e. The van der Waals surface area contributed by atoms with E-state index >= 15 is 0 Å². The summed E-state index contributed by atoms with van der Waals surface area (Å²) in [5, 5.41) is 8.07. The molecule has 0 spiro atoms. The molecule has 0 aromatic heterocycles. The molecule has 1 atom stereocenters. The van der Waals surface area contributed by atoms with Crippen LogP contribution in [-0.4, -0.2) is 5.38 Å².